The Morgan fingerprint density at radius 1 is 1.56 bits per heavy atom. The predicted molar refractivity (Wildman–Crippen MR) is 70.5 cm³/mol. The summed E-state index contributed by atoms with van der Waals surface area (Å²) in [6.45, 7) is 6.60. The van der Waals surface area contributed by atoms with Crippen LogP contribution in [-0.4, -0.2) is 40.4 Å². The first kappa shape index (κ1) is 12.8. The lowest BCUT2D eigenvalue weighted by Crippen LogP contribution is -2.39. The molecule has 0 spiro atoms. The van der Waals surface area contributed by atoms with E-state index in [0.717, 1.165) is 26.1 Å². The van der Waals surface area contributed by atoms with Crippen molar-refractivity contribution >= 4 is 11.7 Å². The predicted octanol–water partition coefficient (Wildman–Crippen LogP) is 1.78. The molecule has 1 fully saturated rings. The minimum Gasteiger partial charge on any atom is -0.369 e. The fourth-order valence-corrected chi connectivity index (χ4v) is 2.27. The highest BCUT2D eigenvalue weighted by Crippen LogP contribution is 2.17. The summed E-state index contributed by atoms with van der Waals surface area (Å²) in [4.78, 5) is 22.5. The number of carbonyl (C=O) groups is 1. The number of amides is 1. The first-order valence-corrected chi connectivity index (χ1v) is 6.56. The van der Waals surface area contributed by atoms with E-state index in [0.29, 0.717) is 17.4 Å². The number of aromatic nitrogens is 2. The highest BCUT2D eigenvalue weighted by molar-refractivity contribution is 5.92. The Hall–Kier alpha value is -1.65. The molecule has 2 heterocycles. The maximum atomic E-state index is 12.3. The monoisotopic (exact) mass is 248 g/mol. The number of piperidine rings is 1. The van der Waals surface area contributed by atoms with Gasteiger partial charge in [0.1, 0.15) is 11.5 Å². The summed E-state index contributed by atoms with van der Waals surface area (Å²) in [5, 5.41) is 3.07. The van der Waals surface area contributed by atoms with Crippen LogP contribution < -0.4 is 5.32 Å². The van der Waals surface area contributed by atoms with E-state index in [2.05, 4.69) is 22.2 Å². The second-order valence-corrected chi connectivity index (χ2v) is 4.82. The van der Waals surface area contributed by atoms with Crippen LogP contribution in [0.5, 0.6) is 0 Å². The van der Waals surface area contributed by atoms with Crippen molar-refractivity contribution in [1.29, 1.82) is 0 Å². The number of carbonyl (C=O) groups excluding carboxylic acids is 1. The number of nitrogens with one attached hydrogen (secondary N) is 1. The molecular weight excluding hydrogens is 228 g/mol. The van der Waals surface area contributed by atoms with Crippen LogP contribution in [0.15, 0.2) is 12.4 Å². The number of hydrogen-bond acceptors (Lipinski definition) is 4. The van der Waals surface area contributed by atoms with E-state index in [9.17, 15) is 4.79 Å². The van der Waals surface area contributed by atoms with Gasteiger partial charge in [0.2, 0.25) is 0 Å². The van der Waals surface area contributed by atoms with Crippen molar-refractivity contribution in [3.05, 3.63) is 18.1 Å². The van der Waals surface area contributed by atoms with Crippen LogP contribution in [-0.2, 0) is 0 Å². The van der Waals surface area contributed by atoms with Gasteiger partial charge in [0, 0.05) is 19.6 Å². The molecule has 1 N–H and O–H groups in total. The van der Waals surface area contributed by atoms with Crippen molar-refractivity contribution in [3.63, 3.8) is 0 Å². The van der Waals surface area contributed by atoms with Crippen LogP contribution in [0.3, 0.4) is 0 Å². The summed E-state index contributed by atoms with van der Waals surface area (Å²) < 4.78 is 0. The topological polar surface area (TPSA) is 58.1 Å². The zero-order valence-electron chi connectivity index (χ0n) is 11.0. The molecule has 1 saturated heterocycles. The molecular formula is C13H20N4O. The molecule has 5 nitrogen and oxygen atoms in total. The molecule has 1 aliphatic rings. The number of likely N-dealkylation sites (tertiary alicyclic amines) is 1. The molecule has 0 bridgehead atoms. The first-order valence-electron chi connectivity index (χ1n) is 6.56. The van der Waals surface area contributed by atoms with Gasteiger partial charge in [-0.2, -0.15) is 0 Å². The van der Waals surface area contributed by atoms with Crippen LogP contribution in [0.1, 0.15) is 37.2 Å². The molecule has 2 rings (SSSR count). The summed E-state index contributed by atoms with van der Waals surface area (Å²) >= 11 is 0. The SMILES string of the molecule is CCNc1cncc(C(=O)N2CCCC(C)C2)n1. The van der Waals surface area contributed by atoms with Crippen LogP contribution in [0.2, 0.25) is 0 Å². The van der Waals surface area contributed by atoms with Crippen LogP contribution in [0.25, 0.3) is 0 Å². The van der Waals surface area contributed by atoms with Crippen molar-refractivity contribution in [2.24, 2.45) is 5.92 Å². The molecule has 0 aliphatic carbocycles. The molecule has 1 aliphatic heterocycles. The zero-order valence-corrected chi connectivity index (χ0v) is 11.0. The van der Waals surface area contributed by atoms with Crippen molar-refractivity contribution in [2.45, 2.75) is 26.7 Å². The van der Waals surface area contributed by atoms with E-state index in [1.807, 2.05) is 11.8 Å². The van der Waals surface area contributed by atoms with E-state index in [1.165, 1.54) is 6.42 Å². The van der Waals surface area contributed by atoms with Crippen molar-refractivity contribution in [2.75, 3.05) is 25.0 Å². The minimum atomic E-state index is -0.00574. The summed E-state index contributed by atoms with van der Waals surface area (Å²) in [6, 6.07) is 0. The molecule has 1 amide bonds. The van der Waals surface area contributed by atoms with Gasteiger partial charge < -0.3 is 10.2 Å². The molecule has 1 unspecified atom stereocenters. The smallest absolute Gasteiger partial charge is 0.274 e. The Morgan fingerprint density at radius 3 is 3.11 bits per heavy atom. The second kappa shape index (κ2) is 5.80. The van der Waals surface area contributed by atoms with Gasteiger partial charge in [-0.15, -0.1) is 0 Å². The Balaban J connectivity index is 2.10. The van der Waals surface area contributed by atoms with Gasteiger partial charge in [-0.05, 0) is 25.7 Å². The Morgan fingerprint density at radius 2 is 2.39 bits per heavy atom. The summed E-state index contributed by atoms with van der Waals surface area (Å²) in [5.74, 6) is 1.23. The van der Waals surface area contributed by atoms with Gasteiger partial charge in [-0.3, -0.25) is 9.78 Å². The Bertz CT molecular complexity index is 421. The van der Waals surface area contributed by atoms with Crippen LogP contribution >= 0.6 is 0 Å². The molecule has 1 atom stereocenters. The van der Waals surface area contributed by atoms with Gasteiger partial charge in [0.25, 0.3) is 5.91 Å². The lowest BCUT2D eigenvalue weighted by molar-refractivity contribution is 0.0676. The van der Waals surface area contributed by atoms with Gasteiger partial charge in [-0.1, -0.05) is 6.92 Å². The van der Waals surface area contributed by atoms with E-state index >= 15 is 0 Å². The average Bonchev–Trinajstić information content (AvgIpc) is 2.39. The third-order valence-electron chi connectivity index (χ3n) is 3.16. The Labute approximate surface area is 108 Å². The number of nitrogens with zero attached hydrogens (tertiary/aromatic N) is 3. The second-order valence-electron chi connectivity index (χ2n) is 4.82. The Kier molecular flexibility index (Phi) is 4.12. The summed E-state index contributed by atoms with van der Waals surface area (Å²) in [5.41, 5.74) is 0.433. The molecule has 0 saturated carbocycles. The van der Waals surface area contributed by atoms with Gasteiger partial charge >= 0.3 is 0 Å². The lowest BCUT2D eigenvalue weighted by Gasteiger charge is -2.30. The number of anilines is 1. The molecule has 0 aromatic carbocycles. The normalized spacial score (nSPS) is 19.7. The number of hydrogen-bond donors (Lipinski definition) is 1. The largest absolute Gasteiger partial charge is 0.369 e. The van der Waals surface area contributed by atoms with Crippen molar-refractivity contribution < 1.29 is 4.79 Å². The van der Waals surface area contributed by atoms with Crippen molar-refractivity contribution in [3.8, 4) is 0 Å². The van der Waals surface area contributed by atoms with E-state index in [4.69, 9.17) is 0 Å². The molecule has 5 heteroatoms. The highest BCUT2D eigenvalue weighted by Gasteiger charge is 2.23. The molecule has 0 radical (unpaired) electrons. The standard InChI is InChI=1S/C13H20N4O/c1-3-15-12-8-14-7-11(16-12)13(18)17-6-4-5-10(2)9-17/h7-8,10H,3-6,9H2,1-2H3,(H,15,16). The quantitative estimate of drug-likeness (QED) is 0.886. The van der Waals surface area contributed by atoms with Crippen molar-refractivity contribution in [1.82, 2.24) is 14.9 Å². The summed E-state index contributed by atoms with van der Waals surface area (Å²) in [6.07, 6.45) is 5.46. The zero-order chi connectivity index (χ0) is 13.0. The van der Waals surface area contributed by atoms with Crippen LogP contribution in [0.4, 0.5) is 5.82 Å². The maximum absolute atomic E-state index is 12.3. The lowest BCUT2D eigenvalue weighted by atomic mass is 10.0. The molecule has 1 aromatic heterocycles. The van der Waals surface area contributed by atoms with Gasteiger partial charge in [-0.25, -0.2) is 4.98 Å². The van der Waals surface area contributed by atoms with Crippen LogP contribution in [0, 0.1) is 5.92 Å². The molecule has 1 aromatic rings. The first-order chi connectivity index (χ1) is 8.70. The third-order valence-corrected chi connectivity index (χ3v) is 3.16. The average molecular weight is 248 g/mol. The van der Waals surface area contributed by atoms with Gasteiger partial charge in [0.15, 0.2) is 0 Å². The fraction of sp³-hybridized carbons (Fsp3) is 0.615. The maximum Gasteiger partial charge on any atom is 0.274 e. The third kappa shape index (κ3) is 2.97. The van der Waals surface area contributed by atoms with E-state index in [1.54, 1.807) is 12.4 Å². The summed E-state index contributed by atoms with van der Waals surface area (Å²) in [7, 11) is 0. The molecule has 98 valence electrons. The fourth-order valence-electron chi connectivity index (χ4n) is 2.27. The molecule has 18 heavy (non-hydrogen) atoms. The number of rotatable bonds is 3. The highest BCUT2D eigenvalue weighted by atomic mass is 16.2. The van der Waals surface area contributed by atoms with Gasteiger partial charge in [0.05, 0.1) is 12.4 Å². The van der Waals surface area contributed by atoms with E-state index < -0.39 is 0 Å². The minimum absolute atomic E-state index is 0.00574. The van der Waals surface area contributed by atoms with E-state index in [-0.39, 0.29) is 5.91 Å².